The summed E-state index contributed by atoms with van der Waals surface area (Å²) in [4.78, 5) is 4.13. The first-order valence-corrected chi connectivity index (χ1v) is 5.80. The van der Waals surface area contributed by atoms with Crippen molar-refractivity contribution in [1.29, 1.82) is 0 Å². The van der Waals surface area contributed by atoms with Crippen LogP contribution in [0.4, 0.5) is 4.39 Å². The van der Waals surface area contributed by atoms with Gasteiger partial charge in [-0.1, -0.05) is 13.8 Å². The van der Waals surface area contributed by atoms with Gasteiger partial charge in [-0.15, -0.1) is 0 Å². The Labute approximate surface area is 95.0 Å². The van der Waals surface area contributed by atoms with Crippen LogP contribution in [-0.2, 0) is 13.0 Å². The predicted octanol–water partition coefficient (Wildman–Crippen LogP) is 1.31. The molecule has 1 heterocycles. The van der Waals surface area contributed by atoms with E-state index in [4.69, 9.17) is 5.73 Å². The lowest BCUT2D eigenvalue weighted by molar-refractivity contribution is 0.0411. The van der Waals surface area contributed by atoms with E-state index in [9.17, 15) is 4.39 Å². The van der Waals surface area contributed by atoms with Crippen molar-refractivity contribution in [3.63, 3.8) is 0 Å². The number of halogens is 1. The molecule has 1 aliphatic rings. The second-order valence-corrected chi connectivity index (χ2v) is 5.25. The number of nitrogens with zero attached hydrogens (tertiary/aromatic N) is 3. The lowest BCUT2D eigenvalue weighted by Crippen LogP contribution is -2.50. The molecule has 1 saturated carbocycles. The van der Waals surface area contributed by atoms with Crippen molar-refractivity contribution in [3.8, 4) is 0 Å². The molecule has 0 amide bonds. The largest absolute Gasteiger partial charge is 0.327 e. The molecule has 0 unspecified atom stereocenters. The molecule has 2 rings (SSSR count). The normalized spacial score (nSPS) is 29.4. The first kappa shape index (κ1) is 11.5. The third-order valence-corrected chi connectivity index (χ3v) is 2.96. The maximum atomic E-state index is 14.1. The highest BCUT2D eigenvalue weighted by molar-refractivity contribution is 5.04. The fourth-order valence-electron chi connectivity index (χ4n) is 2.23. The van der Waals surface area contributed by atoms with Crippen molar-refractivity contribution >= 4 is 0 Å². The molecule has 1 aromatic rings. The molecule has 1 fully saturated rings. The SMILES string of the molecule is CC(C)Cn1ncnc1CC1(F)CC(N)C1. The quantitative estimate of drug-likeness (QED) is 0.842. The van der Waals surface area contributed by atoms with E-state index >= 15 is 0 Å². The van der Waals surface area contributed by atoms with E-state index in [-0.39, 0.29) is 6.04 Å². The maximum absolute atomic E-state index is 14.1. The zero-order chi connectivity index (χ0) is 11.8. The van der Waals surface area contributed by atoms with Crippen LogP contribution in [0.2, 0.25) is 0 Å². The molecule has 90 valence electrons. The topological polar surface area (TPSA) is 56.7 Å². The van der Waals surface area contributed by atoms with Gasteiger partial charge in [-0.3, -0.25) is 0 Å². The molecule has 5 heteroatoms. The van der Waals surface area contributed by atoms with Crippen LogP contribution in [0.5, 0.6) is 0 Å². The van der Waals surface area contributed by atoms with Crippen molar-refractivity contribution < 1.29 is 4.39 Å². The van der Waals surface area contributed by atoms with Crippen LogP contribution in [0.15, 0.2) is 6.33 Å². The summed E-state index contributed by atoms with van der Waals surface area (Å²) in [6.45, 7) is 5.00. The Balaban J connectivity index is 2.01. The average molecular weight is 226 g/mol. The number of rotatable bonds is 4. The molecule has 16 heavy (non-hydrogen) atoms. The Morgan fingerprint density at radius 3 is 2.88 bits per heavy atom. The zero-order valence-corrected chi connectivity index (χ0v) is 9.86. The maximum Gasteiger partial charge on any atom is 0.138 e. The monoisotopic (exact) mass is 226 g/mol. The fraction of sp³-hybridized carbons (Fsp3) is 0.818. The van der Waals surface area contributed by atoms with Crippen LogP contribution in [-0.4, -0.2) is 26.5 Å². The van der Waals surface area contributed by atoms with Crippen LogP contribution >= 0.6 is 0 Å². The molecule has 4 nitrogen and oxygen atoms in total. The van der Waals surface area contributed by atoms with E-state index in [1.54, 1.807) is 4.68 Å². The third-order valence-electron chi connectivity index (χ3n) is 2.96. The summed E-state index contributed by atoms with van der Waals surface area (Å²) in [5, 5.41) is 4.13. The van der Waals surface area contributed by atoms with E-state index in [0.29, 0.717) is 25.2 Å². The van der Waals surface area contributed by atoms with E-state index in [0.717, 1.165) is 12.4 Å². The number of alkyl halides is 1. The molecule has 0 atom stereocenters. The van der Waals surface area contributed by atoms with Gasteiger partial charge in [-0.25, -0.2) is 14.1 Å². The lowest BCUT2D eigenvalue weighted by Gasteiger charge is -2.39. The molecule has 2 N–H and O–H groups in total. The number of aromatic nitrogens is 3. The fourth-order valence-corrected chi connectivity index (χ4v) is 2.23. The molecule has 1 aromatic heterocycles. The molecular formula is C11H19FN4. The summed E-state index contributed by atoms with van der Waals surface area (Å²) in [5.74, 6) is 1.22. The lowest BCUT2D eigenvalue weighted by atomic mass is 9.75. The summed E-state index contributed by atoms with van der Waals surface area (Å²) in [5.41, 5.74) is 4.47. The standard InChI is InChI=1S/C11H19FN4/c1-8(2)6-16-10(14-7-15-16)5-11(12)3-9(13)4-11/h7-9H,3-6,13H2,1-2H3. The predicted molar refractivity (Wildman–Crippen MR) is 59.6 cm³/mol. The molecule has 1 aliphatic carbocycles. The summed E-state index contributed by atoms with van der Waals surface area (Å²) in [7, 11) is 0. The van der Waals surface area contributed by atoms with Crippen LogP contribution < -0.4 is 5.73 Å². The van der Waals surface area contributed by atoms with Gasteiger partial charge < -0.3 is 5.73 Å². The highest BCUT2D eigenvalue weighted by Crippen LogP contribution is 2.37. The second kappa shape index (κ2) is 4.13. The Hall–Kier alpha value is -0.970. The highest BCUT2D eigenvalue weighted by Gasteiger charge is 2.44. The molecule has 0 spiro atoms. The minimum atomic E-state index is -1.15. The van der Waals surface area contributed by atoms with E-state index in [1.807, 2.05) is 0 Å². The molecule has 0 bridgehead atoms. The van der Waals surface area contributed by atoms with E-state index in [1.165, 1.54) is 6.33 Å². The van der Waals surface area contributed by atoms with E-state index in [2.05, 4.69) is 23.9 Å². The molecule has 0 aliphatic heterocycles. The first-order valence-electron chi connectivity index (χ1n) is 5.80. The second-order valence-electron chi connectivity index (χ2n) is 5.25. The van der Waals surface area contributed by atoms with Gasteiger partial charge in [0, 0.05) is 19.0 Å². The Kier molecular flexibility index (Phi) is 2.97. The van der Waals surface area contributed by atoms with Gasteiger partial charge in [0.1, 0.15) is 17.8 Å². The third kappa shape index (κ3) is 2.40. The highest BCUT2D eigenvalue weighted by atomic mass is 19.1. The van der Waals surface area contributed by atoms with E-state index < -0.39 is 5.67 Å². The van der Waals surface area contributed by atoms with Gasteiger partial charge in [0.15, 0.2) is 0 Å². The Morgan fingerprint density at radius 1 is 1.62 bits per heavy atom. The van der Waals surface area contributed by atoms with Gasteiger partial charge in [-0.2, -0.15) is 5.10 Å². The average Bonchev–Trinajstić information content (AvgIpc) is 2.49. The van der Waals surface area contributed by atoms with Crippen LogP contribution in [0.25, 0.3) is 0 Å². The van der Waals surface area contributed by atoms with Crippen molar-refractivity contribution in [3.05, 3.63) is 12.2 Å². The Morgan fingerprint density at radius 2 is 2.31 bits per heavy atom. The number of nitrogens with two attached hydrogens (primary N) is 1. The summed E-state index contributed by atoms with van der Waals surface area (Å²) in [6.07, 6.45) is 2.73. The van der Waals surface area contributed by atoms with Crippen molar-refractivity contribution in [2.75, 3.05) is 0 Å². The van der Waals surface area contributed by atoms with Crippen molar-refractivity contribution in [2.24, 2.45) is 11.7 Å². The molecule has 0 radical (unpaired) electrons. The summed E-state index contributed by atoms with van der Waals surface area (Å²) < 4.78 is 15.9. The minimum absolute atomic E-state index is 0.0199. The van der Waals surface area contributed by atoms with Gasteiger partial charge in [0.25, 0.3) is 0 Å². The van der Waals surface area contributed by atoms with Crippen LogP contribution in [0.1, 0.15) is 32.5 Å². The van der Waals surface area contributed by atoms with Crippen LogP contribution in [0.3, 0.4) is 0 Å². The van der Waals surface area contributed by atoms with Gasteiger partial charge in [0.05, 0.1) is 0 Å². The smallest absolute Gasteiger partial charge is 0.138 e. The zero-order valence-electron chi connectivity index (χ0n) is 9.86. The van der Waals surface area contributed by atoms with Crippen molar-refractivity contribution in [2.45, 2.75) is 51.4 Å². The first-order chi connectivity index (χ1) is 7.48. The molecule has 0 aromatic carbocycles. The summed E-state index contributed by atoms with van der Waals surface area (Å²) >= 11 is 0. The van der Waals surface area contributed by atoms with Gasteiger partial charge in [0.2, 0.25) is 0 Å². The van der Waals surface area contributed by atoms with Crippen LogP contribution in [0, 0.1) is 5.92 Å². The molecular weight excluding hydrogens is 207 g/mol. The number of hydrogen-bond acceptors (Lipinski definition) is 3. The van der Waals surface area contributed by atoms with Crippen molar-refractivity contribution in [1.82, 2.24) is 14.8 Å². The molecule has 0 saturated heterocycles. The number of hydrogen-bond donors (Lipinski definition) is 1. The minimum Gasteiger partial charge on any atom is -0.327 e. The van der Waals surface area contributed by atoms with Gasteiger partial charge in [-0.05, 0) is 18.8 Å². The van der Waals surface area contributed by atoms with Gasteiger partial charge >= 0.3 is 0 Å². The summed E-state index contributed by atoms with van der Waals surface area (Å²) in [6, 6.07) is 0.0199. The Bertz CT molecular complexity index is 355.